The first-order valence-corrected chi connectivity index (χ1v) is 18.0. The van der Waals surface area contributed by atoms with E-state index in [1.807, 2.05) is 6.92 Å². The fourth-order valence-electron chi connectivity index (χ4n) is 7.51. The number of hydrogen-bond acceptors (Lipinski definition) is 5. The maximum absolute atomic E-state index is 15.0. The molecule has 2 aliphatic heterocycles. The van der Waals surface area contributed by atoms with Crippen molar-refractivity contribution in [3.05, 3.63) is 65.0 Å². The second-order valence-electron chi connectivity index (χ2n) is 12.4. The average molecular weight is 702 g/mol. The molecule has 46 heavy (non-hydrogen) atoms. The largest absolute Gasteiger partial charge is 0.435 e. The van der Waals surface area contributed by atoms with E-state index in [1.54, 1.807) is 0 Å². The van der Waals surface area contributed by atoms with Crippen molar-refractivity contribution >= 4 is 25.6 Å². The van der Waals surface area contributed by atoms with Gasteiger partial charge in [0.05, 0.1) is 27.9 Å². The summed E-state index contributed by atoms with van der Waals surface area (Å²) >= 11 is 0. The van der Waals surface area contributed by atoms with Crippen LogP contribution in [0.2, 0.25) is 0 Å². The Balaban J connectivity index is 1.69. The van der Waals surface area contributed by atoms with Crippen molar-refractivity contribution in [1.82, 2.24) is 4.90 Å². The number of benzene rings is 2. The summed E-state index contributed by atoms with van der Waals surface area (Å²) in [6, 6.07) is 3.87. The molecule has 0 N–H and O–H groups in total. The molecular formula is C30H31F8NO5S2. The maximum Gasteiger partial charge on any atom is 0.435 e. The van der Waals surface area contributed by atoms with E-state index in [0.717, 1.165) is 30.3 Å². The third-order valence-electron chi connectivity index (χ3n) is 9.78. The first-order valence-electron chi connectivity index (χ1n) is 14.6. The van der Waals surface area contributed by atoms with Gasteiger partial charge in [-0.2, -0.15) is 26.3 Å². The van der Waals surface area contributed by atoms with Crippen molar-refractivity contribution in [2.24, 2.45) is 5.41 Å². The van der Waals surface area contributed by atoms with Gasteiger partial charge >= 0.3 is 18.0 Å². The van der Waals surface area contributed by atoms with Crippen molar-refractivity contribution in [2.45, 2.75) is 85.6 Å². The molecule has 0 spiro atoms. The summed E-state index contributed by atoms with van der Waals surface area (Å²) in [5.74, 6) is -2.04. The van der Waals surface area contributed by atoms with E-state index in [2.05, 4.69) is 0 Å². The predicted molar refractivity (Wildman–Crippen MR) is 150 cm³/mol. The molecule has 3 aliphatic rings. The summed E-state index contributed by atoms with van der Waals surface area (Å²) in [4.78, 5) is 15.2. The molecule has 0 saturated carbocycles. The van der Waals surface area contributed by atoms with Crippen LogP contribution in [-0.2, 0) is 41.3 Å². The summed E-state index contributed by atoms with van der Waals surface area (Å²) in [5, 5.41) is 0. The van der Waals surface area contributed by atoms with E-state index in [0.29, 0.717) is 18.9 Å². The summed E-state index contributed by atoms with van der Waals surface area (Å²) < 4.78 is 163. The SMILES string of the molecule is CCCCC1(C(=O)N2CC[C@@]3(S(=O)(=O)c4ccc(F)cc4)c4ccc(C(F)(C(F)(F)F)C(F)(F)F)cc4CC[C@@H]23)CCS(=O)(=O)C1. The summed E-state index contributed by atoms with van der Waals surface area (Å²) in [7, 11) is -8.25. The molecule has 3 atom stereocenters. The van der Waals surface area contributed by atoms with E-state index in [1.165, 1.54) is 4.90 Å². The number of aryl methyl sites for hydroxylation is 1. The van der Waals surface area contributed by atoms with E-state index >= 15 is 4.39 Å². The van der Waals surface area contributed by atoms with Gasteiger partial charge in [0.1, 0.15) is 10.6 Å². The van der Waals surface area contributed by atoms with Crippen LogP contribution in [0.3, 0.4) is 0 Å². The minimum Gasteiger partial charge on any atom is -0.337 e. The third kappa shape index (κ3) is 5.12. The zero-order chi connectivity index (χ0) is 34.1. The highest BCUT2D eigenvalue weighted by Gasteiger charge is 2.74. The molecule has 6 nitrogen and oxygen atoms in total. The van der Waals surface area contributed by atoms with Crippen LogP contribution in [0.4, 0.5) is 35.1 Å². The quantitative estimate of drug-likeness (QED) is 0.249. The normalized spacial score (nSPS) is 26.5. The second-order valence-corrected chi connectivity index (χ2v) is 16.8. The molecule has 2 heterocycles. The van der Waals surface area contributed by atoms with Crippen molar-refractivity contribution in [3.63, 3.8) is 0 Å². The Hall–Kier alpha value is -2.75. The lowest BCUT2D eigenvalue weighted by atomic mass is 9.76. The lowest BCUT2D eigenvalue weighted by Crippen LogP contribution is -2.55. The highest BCUT2D eigenvalue weighted by atomic mass is 32.2. The molecule has 0 aromatic heterocycles. The molecule has 254 valence electrons. The summed E-state index contributed by atoms with van der Waals surface area (Å²) in [6.07, 6.45) is -12.3. The molecule has 2 aromatic rings. The van der Waals surface area contributed by atoms with Gasteiger partial charge < -0.3 is 4.90 Å². The van der Waals surface area contributed by atoms with Crippen LogP contribution in [0.25, 0.3) is 0 Å². The second kappa shape index (κ2) is 11.2. The summed E-state index contributed by atoms with van der Waals surface area (Å²) in [6.45, 7) is 1.64. The van der Waals surface area contributed by atoms with Crippen molar-refractivity contribution in [1.29, 1.82) is 0 Å². The first-order chi connectivity index (χ1) is 21.2. The van der Waals surface area contributed by atoms with Gasteiger partial charge in [0, 0.05) is 12.1 Å². The number of rotatable bonds is 7. The van der Waals surface area contributed by atoms with Gasteiger partial charge in [-0.05, 0) is 67.5 Å². The highest BCUT2D eigenvalue weighted by molar-refractivity contribution is 7.92. The van der Waals surface area contributed by atoms with Crippen LogP contribution >= 0.6 is 0 Å². The van der Waals surface area contributed by atoms with E-state index in [-0.39, 0.29) is 61.6 Å². The van der Waals surface area contributed by atoms with E-state index in [9.17, 15) is 52.4 Å². The van der Waals surface area contributed by atoms with Gasteiger partial charge in [0.15, 0.2) is 19.7 Å². The summed E-state index contributed by atoms with van der Waals surface area (Å²) in [5.41, 5.74) is -9.30. The number of nitrogens with zero attached hydrogens (tertiary/aromatic N) is 1. The van der Waals surface area contributed by atoms with Gasteiger partial charge in [-0.25, -0.2) is 25.6 Å². The Bertz CT molecular complexity index is 1730. The molecule has 1 aliphatic carbocycles. The number of halogens is 8. The fourth-order valence-corrected chi connectivity index (χ4v) is 12.0. The van der Waals surface area contributed by atoms with E-state index < -0.39 is 81.8 Å². The third-order valence-corrected chi connectivity index (χ3v) is 14.1. The number of carbonyl (C=O) groups excluding carboxylic acids is 1. The fraction of sp³-hybridized carbons (Fsp3) is 0.567. The zero-order valence-corrected chi connectivity index (χ0v) is 26.2. The molecular weight excluding hydrogens is 670 g/mol. The number of amides is 1. The number of unbranched alkanes of at least 4 members (excludes halogenated alkanes) is 1. The van der Waals surface area contributed by atoms with Crippen LogP contribution < -0.4 is 0 Å². The molecule has 16 heteroatoms. The smallest absolute Gasteiger partial charge is 0.337 e. The van der Waals surface area contributed by atoms with Crippen molar-refractivity contribution in [3.8, 4) is 0 Å². The molecule has 0 bridgehead atoms. The van der Waals surface area contributed by atoms with Crippen molar-refractivity contribution < 1.29 is 56.8 Å². The molecule has 2 aromatic carbocycles. The first kappa shape index (κ1) is 34.6. The Morgan fingerprint density at radius 2 is 1.61 bits per heavy atom. The van der Waals surface area contributed by atoms with Gasteiger partial charge in [0.25, 0.3) is 0 Å². The number of hydrogen-bond donors (Lipinski definition) is 0. The topological polar surface area (TPSA) is 88.6 Å². The maximum atomic E-state index is 15.0. The van der Waals surface area contributed by atoms with Crippen molar-refractivity contribution in [2.75, 3.05) is 18.1 Å². The number of sulfone groups is 2. The van der Waals surface area contributed by atoms with E-state index in [4.69, 9.17) is 0 Å². The number of fused-ring (bicyclic) bond motifs is 3. The molecule has 2 fully saturated rings. The van der Waals surface area contributed by atoms with Gasteiger partial charge in [-0.3, -0.25) is 4.79 Å². The van der Waals surface area contributed by atoms with Gasteiger partial charge in [-0.15, -0.1) is 0 Å². The lowest BCUT2D eigenvalue weighted by Gasteiger charge is -2.44. The highest BCUT2D eigenvalue weighted by Crippen LogP contribution is 2.57. The molecule has 2 saturated heterocycles. The molecule has 0 radical (unpaired) electrons. The van der Waals surface area contributed by atoms with Gasteiger partial charge in [-0.1, -0.05) is 38.0 Å². The monoisotopic (exact) mass is 701 g/mol. The number of alkyl halides is 7. The zero-order valence-electron chi connectivity index (χ0n) is 24.5. The Kier molecular flexibility index (Phi) is 8.39. The average Bonchev–Trinajstić information content (AvgIpc) is 3.53. The van der Waals surface area contributed by atoms with Crippen LogP contribution in [0, 0.1) is 11.2 Å². The predicted octanol–water partition coefficient (Wildman–Crippen LogP) is 6.33. The minimum atomic E-state index is -6.39. The number of carbonyl (C=O) groups is 1. The van der Waals surface area contributed by atoms with Crippen LogP contribution in [0.5, 0.6) is 0 Å². The molecule has 1 amide bonds. The minimum absolute atomic E-state index is 0.0164. The Morgan fingerprint density at radius 3 is 2.15 bits per heavy atom. The molecule has 1 unspecified atom stereocenters. The van der Waals surface area contributed by atoms with Gasteiger partial charge in [0.2, 0.25) is 5.91 Å². The van der Waals surface area contributed by atoms with Crippen LogP contribution in [0.15, 0.2) is 47.4 Å². The lowest BCUT2D eigenvalue weighted by molar-refractivity contribution is -0.348. The van der Waals surface area contributed by atoms with Crippen LogP contribution in [-0.4, -0.2) is 64.1 Å². The standard InChI is InChI=1S/C30H31F8NO5S2/c1-2-3-12-26(14-16-45(41,42)18-26)25(40)39-15-13-27(46(43,44)22-8-6-21(31)7-9-22)23-10-5-20(17-19(23)4-11-24(27)39)28(32,29(33,34)35)30(36,37)38/h5-10,17,24H,2-4,11-16,18H2,1H3/t24-,26?,27-/m1/s1. The number of likely N-dealkylation sites (tertiary alicyclic amines) is 1. The van der Waals surface area contributed by atoms with Crippen LogP contribution in [0.1, 0.15) is 62.1 Å². The Morgan fingerprint density at radius 1 is 0.978 bits per heavy atom. The Labute approximate surface area is 261 Å². The molecule has 5 rings (SSSR count).